The molecule has 2 heterocycles. The van der Waals surface area contributed by atoms with E-state index in [4.69, 9.17) is 5.73 Å². The number of benzene rings is 1. The highest BCUT2D eigenvalue weighted by atomic mass is 31.0. The fourth-order valence-electron chi connectivity index (χ4n) is 3.61. The lowest BCUT2D eigenvalue weighted by molar-refractivity contribution is -0.129. The molecule has 1 aromatic carbocycles. The average molecular weight is 332 g/mol. The van der Waals surface area contributed by atoms with Crippen molar-refractivity contribution in [1.82, 2.24) is 4.90 Å². The van der Waals surface area contributed by atoms with Crippen molar-refractivity contribution < 1.29 is 4.79 Å². The second kappa shape index (κ2) is 6.12. The molecule has 0 aliphatic carbocycles. The third-order valence-electron chi connectivity index (χ3n) is 5.13. The first-order chi connectivity index (χ1) is 10.9. The number of carbonyl (C=O) groups is 1. The van der Waals surface area contributed by atoms with Gasteiger partial charge in [-0.2, -0.15) is 0 Å². The number of anilines is 1. The number of rotatable bonds is 2. The van der Waals surface area contributed by atoms with Crippen LogP contribution in [0.4, 0.5) is 5.69 Å². The molecule has 1 saturated heterocycles. The van der Waals surface area contributed by atoms with Gasteiger partial charge in [-0.05, 0) is 37.2 Å². The van der Waals surface area contributed by atoms with Crippen molar-refractivity contribution >= 4 is 32.1 Å². The number of carbonyl (C=O) groups excluding carboxylic acids is 1. The highest BCUT2D eigenvalue weighted by Crippen LogP contribution is 2.36. The molecule has 0 aromatic heterocycles. The van der Waals surface area contributed by atoms with Crippen LogP contribution in [0.1, 0.15) is 26.2 Å². The Morgan fingerprint density at radius 2 is 2.22 bits per heavy atom. The van der Waals surface area contributed by atoms with Crippen LogP contribution in [-0.4, -0.2) is 42.4 Å². The molecule has 23 heavy (non-hydrogen) atoms. The molecule has 2 aliphatic rings. The summed E-state index contributed by atoms with van der Waals surface area (Å²) in [5.74, 6) is 0.734. The molecule has 2 unspecified atom stereocenters. The molecular formula is C17H25N4OP. The molecule has 0 spiro atoms. The van der Waals surface area contributed by atoms with Crippen LogP contribution in [0.2, 0.25) is 0 Å². The Bertz CT molecular complexity index is 647. The zero-order valence-corrected chi connectivity index (χ0v) is 15.0. The predicted molar refractivity (Wildman–Crippen MR) is 98.1 cm³/mol. The summed E-state index contributed by atoms with van der Waals surface area (Å²) in [6.45, 7) is 4.04. The summed E-state index contributed by atoms with van der Waals surface area (Å²) < 4.78 is 0. The molecule has 1 fully saturated rings. The summed E-state index contributed by atoms with van der Waals surface area (Å²) in [4.78, 5) is 20.8. The van der Waals surface area contributed by atoms with Crippen molar-refractivity contribution in [2.24, 2.45) is 16.6 Å². The number of aliphatic imine (C=N–C) groups is 1. The fraction of sp³-hybridized carbons (Fsp3) is 0.529. The molecule has 2 aliphatic heterocycles. The van der Waals surface area contributed by atoms with Gasteiger partial charge in [-0.25, -0.2) is 4.99 Å². The molecule has 6 heteroatoms. The van der Waals surface area contributed by atoms with Crippen LogP contribution in [0.15, 0.2) is 29.3 Å². The number of hydrogen-bond donors (Lipinski definition) is 1. The van der Waals surface area contributed by atoms with E-state index in [-0.39, 0.29) is 5.91 Å². The molecule has 1 aromatic rings. The maximum absolute atomic E-state index is 12.2. The van der Waals surface area contributed by atoms with Gasteiger partial charge in [0.05, 0.1) is 12.0 Å². The fourth-order valence-corrected chi connectivity index (χ4v) is 3.89. The normalized spacial score (nSPS) is 28.7. The van der Waals surface area contributed by atoms with Gasteiger partial charge >= 0.3 is 0 Å². The Kier molecular flexibility index (Phi) is 4.33. The van der Waals surface area contributed by atoms with Crippen molar-refractivity contribution in [1.29, 1.82) is 0 Å². The van der Waals surface area contributed by atoms with Crippen LogP contribution in [0.5, 0.6) is 0 Å². The molecular weight excluding hydrogens is 307 g/mol. The third kappa shape index (κ3) is 3.20. The van der Waals surface area contributed by atoms with Crippen molar-refractivity contribution in [2.45, 2.75) is 31.7 Å². The predicted octanol–water partition coefficient (Wildman–Crippen LogP) is 1.34. The molecule has 0 radical (unpaired) electrons. The molecule has 5 nitrogen and oxygen atoms in total. The summed E-state index contributed by atoms with van der Waals surface area (Å²) in [7, 11) is 4.44. The van der Waals surface area contributed by atoms with E-state index in [1.165, 1.54) is 15.9 Å². The van der Waals surface area contributed by atoms with Gasteiger partial charge in [0, 0.05) is 31.7 Å². The minimum Gasteiger partial charge on any atom is -0.371 e. The number of nitrogens with zero attached hydrogens (tertiary/aromatic N) is 3. The Morgan fingerprint density at radius 3 is 2.91 bits per heavy atom. The number of hydrogen-bond acceptors (Lipinski definition) is 4. The lowest BCUT2D eigenvalue weighted by atomic mass is 9.77. The van der Waals surface area contributed by atoms with Gasteiger partial charge in [0.15, 0.2) is 5.96 Å². The SMILES string of the molecule is CN1C(=O)C[C@@](C)(C2CCCN(c3cccc(P)c3)C2)N=C1N. The Labute approximate surface area is 140 Å². The molecule has 2 N–H and O–H groups in total. The first-order valence-corrected chi connectivity index (χ1v) is 8.69. The van der Waals surface area contributed by atoms with E-state index >= 15 is 0 Å². The number of amides is 1. The maximum atomic E-state index is 12.2. The second-order valence-electron chi connectivity index (χ2n) is 6.84. The quantitative estimate of drug-likeness (QED) is 0.832. The van der Waals surface area contributed by atoms with Crippen LogP contribution in [0, 0.1) is 5.92 Å². The Hall–Kier alpha value is -1.61. The van der Waals surface area contributed by atoms with E-state index in [2.05, 4.69) is 50.3 Å². The average Bonchev–Trinajstić information content (AvgIpc) is 2.53. The van der Waals surface area contributed by atoms with Crippen LogP contribution >= 0.6 is 9.24 Å². The molecule has 3 atom stereocenters. The van der Waals surface area contributed by atoms with Crippen molar-refractivity contribution in [3.05, 3.63) is 24.3 Å². The van der Waals surface area contributed by atoms with Crippen molar-refractivity contribution in [3.8, 4) is 0 Å². The minimum absolute atomic E-state index is 0.0593. The van der Waals surface area contributed by atoms with Gasteiger partial charge in [0.2, 0.25) is 5.91 Å². The Morgan fingerprint density at radius 1 is 1.43 bits per heavy atom. The summed E-state index contributed by atoms with van der Waals surface area (Å²) in [5.41, 5.74) is 6.80. The van der Waals surface area contributed by atoms with Gasteiger partial charge < -0.3 is 10.6 Å². The van der Waals surface area contributed by atoms with E-state index < -0.39 is 5.54 Å². The first-order valence-electron chi connectivity index (χ1n) is 8.11. The third-order valence-corrected chi connectivity index (χ3v) is 5.49. The molecule has 3 rings (SSSR count). The summed E-state index contributed by atoms with van der Waals surface area (Å²) in [5, 5.41) is 1.19. The number of nitrogens with two attached hydrogens (primary N) is 1. The van der Waals surface area contributed by atoms with Crippen molar-refractivity contribution in [2.75, 3.05) is 25.0 Å². The number of piperidine rings is 1. The summed E-state index contributed by atoms with van der Waals surface area (Å²) in [6.07, 6.45) is 2.63. The van der Waals surface area contributed by atoms with E-state index in [1.54, 1.807) is 7.05 Å². The molecule has 1 amide bonds. The molecule has 0 bridgehead atoms. The van der Waals surface area contributed by atoms with Crippen LogP contribution < -0.4 is 15.9 Å². The van der Waals surface area contributed by atoms with Gasteiger partial charge in [-0.3, -0.25) is 9.69 Å². The summed E-state index contributed by atoms with van der Waals surface area (Å²) in [6, 6.07) is 8.50. The smallest absolute Gasteiger partial charge is 0.231 e. The monoisotopic (exact) mass is 332 g/mol. The highest BCUT2D eigenvalue weighted by molar-refractivity contribution is 7.27. The lowest BCUT2D eigenvalue weighted by Crippen LogP contribution is -2.54. The summed E-state index contributed by atoms with van der Waals surface area (Å²) >= 11 is 0. The first kappa shape index (κ1) is 16.3. The Balaban J connectivity index is 1.82. The van der Waals surface area contributed by atoms with E-state index in [9.17, 15) is 4.79 Å². The van der Waals surface area contributed by atoms with Crippen LogP contribution in [0.25, 0.3) is 0 Å². The minimum atomic E-state index is -0.398. The van der Waals surface area contributed by atoms with Gasteiger partial charge in [-0.15, -0.1) is 9.24 Å². The second-order valence-corrected chi connectivity index (χ2v) is 7.50. The zero-order valence-electron chi connectivity index (χ0n) is 13.8. The van der Waals surface area contributed by atoms with Crippen molar-refractivity contribution in [3.63, 3.8) is 0 Å². The molecule has 124 valence electrons. The number of guanidine groups is 1. The van der Waals surface area contributed by atoms with Crippen LogP contribution in [0.3, 0.4) is 0 Å². The highest BCUT2D eigenvalue weighted by Gasteiger charge is 2.42. The lowest BCUT2D eigenvalue weighted by Gasteiger charge is -2.44. The van der Waals surface area contributed by atoms with Gasteiger partial charge in [0.25, 0.3) is 0 Å². The van der Waals surface area contributed by atoms with Gasteiger partial charge in [-0.1, -0.05) is 12.1 Å². The maximum Gasteiger partial charge on any atom is 0.231 e. The standard InChI is InChI=1S/C17H25N4OP/c1-17(10-15(22)20(2)16(18)19-17)12-5-4-8-21(11-12)13-6-3-7-14(23)9-13/h3,6-7,9,12H,4-5,8,10-11,23H2,1-2H3,(H2,18,19)/t12?,17-/m0/s1. The topological polar surface area (TPSA) is 61.9 Å². The van der Waals surface area contributed by atoms with Crippen LogP contribution in [-0.2, 0) is 4.79 Å². The van der Waals surface area contributed by atoms with Gasteiger partial charge in [0.1, 0.15) is 0 Å². The molecule has 0 saturated carbocycles. The van der Waals surface area contributed by atoms with E-state index in [1.807, 2.05) is 0 Å². The van der Waals surface area contributed by atoms with E-state index in [0.29, 0.717) is 18.3 Å². The zero-order chi connectivity index (χ0) is 16.6. The van der Waals surface area contributed by atoms with E-state index in [0.717, 1.165) is 25.9 Å². The largest absolute Gasteiger partial charge is 0.371 e.